The normalized spacial score (nSPS) is 17.1. The van der Waals surface area contributed by atoms with Crippen molar-refractivity contribution in [3.8, 4) is 0 Å². The lowest BCUT2D eigenvalue weighted by molar-refractivity contribution is -0.298. The summed E-state index contributed by atoms with van der Waals surface area (Å²) in [5.41, 5.74) is 5.54. The summed E-state index contributed by atoms with van der Waals surface area (Å²) in [5.74, 6) is 0.275. The predicted octanol–water partition coefficient (Wildman–Crippen LogP) is -1.83. The van der Waals surface area contributed by atoms with Crippen molar-refractivity contribution in [1.29, 1.82) is 0 Å². The van der Waals surface area contributed by atoms with E-state index in [1.807, 2.05) is 18.9 Å². The number of nitrogens with zero attached hydrogens (tertiary/aromatic N) is 1. The summed E-state index contributed by atoms with van der Waals surface area (Å²) in [5, 5.41) is 0. The van der Waals surface area contributed by atoms with E-state index in [2.05, 4.69) is 9.50 Å². The van der Waals surface area contributed by atoms with Crippen LogP contribution in [0.2, 0.25) is 0 Å². The number of rotatable bonds is 6. The second kappa shape index (κ2) is 6.14. The van der Waals surface area contributed by atoms with Crippen LogP contribution < -0.4 is 10.5 Å². The van der Waals surface area contributed by atoms with Gasteiger partial charge in [-0.1, -0.05) is 6.92 Å². The van der Waals surface area contributed by atoms with E-state index in [9.17, 15) is 9.46 Å². The molecular weight excluding hydrogens is 205 g/mol. The summed E-state index contributed by atoms with van der Waals surface area (Å²) >= 11 is 0. The molecule has 0 bridgehead atoms. The molecule has 7 heteroatoms. The van der Waals surface area contributed by atoms with Crippen molar-refractivity contribution in [3.63, 3.8) is 0 Å². The molecule has 0 aromatic rings. The van der Waals surface area contributed by atoms with Crippen molar-refractivity contribution in [2.75, 3.05) is 33.6 Å². The van der Waals surface area contributed by atoms with Crippen molar-refractivity contribution in [3.05, 3.63) is 0 Å². The summed E-state index contributed by atoms with van der Waals surface area (Å²) in [4.78, 5) is 11.2. The Morgan fingerprint density at radius 1 is 1.71 bits per heavy atom. The van der Waals surface area contributed by atoms with E-state index in [1.165, 1.54) is 7.11 Å². The molecule has 0 amide bonds. The Hall–Kier alpha value is -0.420. The number of likely N-dealkylation sites (N-methyl/N-ethyl adjacent to an activating group) is 1. The highest BCUT2D eigenvalue weighted by Crippen LogP contribution is 2.25. The first-order valence-electron chi connectivity index (χ1n) is 4.30. The topological polar surface area (TPSA) is 89.8 Å². The number of nitrogens with one attached hydrogen (secondary N) is 1. The van der Waals surface area contributed by atoms with Crippen LogP contribution in [0, 0.1) is 0 Å². The Morgan fingerprint density at radius 2 is 2.29 bits per heavy atom. The van der Waals surface area contributed by atoms with Gasteiger partial charge in [-0.2, -0.15) is 0 Å². The van der Waals surface area contributed by atoms with Gasteiger partial charge < -0.3 is 9.63 Å². The highest BCUT2D eigenvalue weighted by molar-refractivity contribution is 7.50. The Balaban J connectivity index is 4.28. The Kier molecular flexibility index (Phi) is 5.95. The van der Waals surface area contributed by atoms with Crippen LogP contribution in [0.3, 0.4) is 0 Å². The first kappa shape index (κ1) is 13.6. The first-order valence-corrected chi connectivity index (χ1v) is 6.14. The van der Waals surface area contributed by atoms with E-state index in [-0.39, 0.29) is 12.2 Å². The molecule has 4 N–H and O–H groups in total. The van der Waals surface area contributed by atoms with Crippen molar-refractivity contribution in [1.82, 2.24) is 4.90 Å². The van der Waals surface area contributed by atoms with Gasteiger partial charge in [-0.3, -0.25) is 10.6 Å². The monoisotopic (exact) mass is 224 g/mol. The van der Waals surface area contributed by atoms with E-state index in [0.717, 1.165) is 6.54 Å². The number of ether oxygens (including phenoxy) is 1. The maximum Gasteiger partial charge on any atom is 0.396 e. The summed E-state index contributed by atoms with van der Waals surface area (Å²) in [7, 11) is -0.248. The van der Waals surface area contributed by atoms with Gasteiger partial charge in [0.1, 0.15) is 0 Å². The number of hydrogen-bond donors (Lipinski definition) is 3. The molecule has 0 fully saturated rings. The van der Waals surface area contributed by atoms with Crippen LogP contribution in [-0.4, -0.2) is 49.2 Å². The molecule has 0 aromatic carbocycles. The van der Waals surface area contributed by atoms with Gasteiger partial charge in [-0.05, 0) is 13.6 Å². The number of nitrogens with two attached hydrogens (primary N) is 1. The number of hydrogen-bond acceptors (Lipinski definition) is 3. The second-order valence-electron chi connectivity index (χ2n) is 3.09. The van der Waals surface area contributed by atoms with Gasteiger partial charge in [0.05, 0.1) is 6.54 Å². The Bertz CT molecular complexity index is 244. The fourth-order valence-electron chi connectivity index (χ4n) is 0.870. The largest absolute Gasteiger partial charge is 0.396 e. The fourth-order valence-corrected chi connectivity index (χ4v) is 1.80. The minimum Gasteiger partial charge on any atom is -0.370 e. The Labute approximate surface area is 84.3 Å². The molecule has 1 unspecified atom stereocenters. The van der Waals surface area contributed by atoms with Crippen LogP contribution in [0.15, 0.2) is 0 Å². The van der Waals surface area contributed by atoms with E-state index in [1.54, 1.807) is 0 Å². The maximum atomic E-state index is 11.3. The number of methoxy groups -OCH3 is 1. The lowest BCUT2D eigenvalue weighted by atomic mass is 10.5. The van der Waals surface area contributed by atoms with Crippen molar-refractivity contribution in [2.45, 2.75) is 6.92 Å². The minimum atomic E-state index is -3.48. The average molecular weight is 224 g/mol. The van der Waals surface area contributed by atoms with E-state index in [0.29, 0.717) is 6.54 Å². The molecular formula is C7H19N3O3P+. The van der Waals surface area contributed by atoms with Gasteiger partial charge in [0.15, 0.2) is 6.35 Å². The van der Waals surface area contributed by atoms with Crippen LogP contribution in [0.4, 0.5) is 0 Å². The van der Waals surface area contributed by atoms with Crippen LogP contribution >= 0.6 is 7.52 Å². The molecule has 6 nitrogen and oxygen atoms in total. The first-order chi connectivity index (χ1) is 6.41. The zero-order chi connectivity index (χ0) is 11.2. The molecule has 0 saturated heterocycles. The average Bonchev–Trinajstić information content (AvgIpc) is 2.02. The van der Waals surface area contributed by atoms with E-state index >= 15 is 0 Å². The quantitative estimate of drug-likeness (QED) is 0.280. The van der Waals surface area contributed by atoms with Crippen molar-refractivity contribution < 1.29 is 19.0 Å². The lowest BCUT2D eigenvalue weighted by Gasteiger charge is -2.10. The molecule has 0 rings (SSSR count). The lowest BCUT2D eigenvalue weighted by Crippen LogP contribution is -2.72. The third-order valence-corrected chi connectivity index (χ3v) is 2.85. The van der Waals surface area contributed by atoms with Crippen LogP contribution in [0.5, 0.6) is 0 Å². The van der Waals surface area contributed by atoms with E-state index in [4.69, 9.17) is 5.73 Å². The van der Waals surface area contributed by atoms with Gasteiger partial charge in [0.25, 0.3) is 5.84 Å². The van der Waals surface area contributed by atoms with Gasteiger partial charge in [-0.15, -0.1) is 0 Å². The second-order valence-corrected chi connectivity index (χ2v) is 4.97. The van der Waals surface area contributed by atoms with Crippen LogP contribution in [0.25, 0.3) is 0 Å². The Morgan fingerprint density at radius 3 is 2.71 bits per heavy atom. The highest BCUT2D eigenvalue weighted by atomic mass is 31.2. The maximum absolute atomic E-state index is 11.3. The number of amidine groups is 1. The molecule has 0 aromatic heterocycles. The molecule has 0 radical (unpaired) electrons. The SMILES string of the molecule is CCN(C)CC(N)=[NH+]P(=O)(O)COC. The summed E-state index contributed by atoms with van der Waals surface area (Å²) in [6.07, 6.45) is -0.246. The van der Waals surface area contributed by atoms with Gasteiger partial charge in [0.2, 0.25) is 0 Å². The molecule has 0 aliphatic rings. The molecule has 0 spiro atoms. The molecule has 0 aliphatic heterocycles. The van der Waals surface area contributed by atoms with Crippen molar-refractivity contribution in [2.24, 2.45) is 5.73 Å². The zero-order valence-electron chi connectivity index (χ0n) is 8.86. The standard InChI is InChI=1S/C7H18N3O3P/c1-4-10(2)5-7(8)9-14(11,12)6-13-3/h4-6H2,1-3H3,(H3,8,9,11,12)/p+1. The summed E-state index contributed by atoms with van der Waals surface area (Å²) in [6.45, 7) is 3.23. The minimum absolute atomic E-state index is 0.246. The third-order valence-electron chi connectivity index (χ3n) is 1.60. The van der Waals surface area contributed by atoms with Gasteiger partial charge in [-0.25, -0.2) is 9.33 Å². The van der Waals surface area contributed by atoms with Crippen molar-refractivity contribution >= 4 is 13.4 Å². The highest BCUT2D eigenvalue weighted by Gasteiger charge is 2.20. The molecule has 1 atom stereocenters. The molecule has 84 valence electrons. The van der Waals surface area contributed by atoms with E-state index < -0.39 is 7.52 Å². The van der Waals surface area contributed by atoms with Gasteiger partial charge in [0, 0.05) is 7.11 Å². The summed E-state index contributed by atoms with van der Waals surface area (Å²) in [6, 6.07) is 0. The summed E-state index contributed by atoms with van der Waals surface area (Å²) < 4.78 is 18.2. The van der Waals surface area contributed by atoms with Gasteiger partial charge >= 0.3 is 7.52 Å². The van der Waals surface area contributed by atoms with Crippen LogP contribution in [0.1, 0.15) is 6.92 Å². The molecule has 0 saturated carbocycles. The molecule has 14 heavy (non-hydrogen) atoms. The smallest absolute Gasteiger partial charge is 0.370 e. The fraction of sp³-hybridized carbons (Fsp3) is 0.857. The third kappa shape index (κ3) is 6.10. The van der Waals surface area contributed by atoms with Crippen LogP contribution in [-0.2, 0) is 9.30 Å². The molecule has 0 heterocycles. The predicted molar refractivity (Wildman–Crippen MR) is 55.0 cm³/mol. The molecule has 0 aliphatic carbocycles. The zero-order valence-corrected chi connectivity index (χ0v) is 9.75.